The van der Waals surface area contributed by atoms with Crippen molar-refractivity contribution in [1.82, 2.24) is 20.1 Å². The van der Waals surface area contributed by atoms with E-state index in [1.165, 1.54) is 13.2 Å². The number of hydrogen-bond acceptors (Lipinski definition) is 5. The van der Waals surface area contributed by atoms with Gasteiger partial charge in [-0.05, 0) is 25.1 Å². The number of aromatic nitrogens is 3. The van der Waals surface area contributed by atoms with E-state index in [2.05, 4.69) is 15.5 Å². The predicted molar refractivity (Wildman–Crippen MR) is 71.5 cm³/mol. The lowest BCUT2D eigenvalue weighted by Gasteiger charge is -2.08. The highest BCUT2D eigenvalue weighted by molar-refractivity contribution is 5.94. The Bertz CT molecular complexity index is 609. The van der Waals surface area contributed by atoms with E-state index in [4.69, 9.17) is 4.74 Å². The minimum atomic E-state index is -0.298. The average molecular weight is 276 g/mol. The van der Waals surface area contributed by atoms with Gasteiger partial charge in [-0.2, -0.15) is 0 Å². The third kappa shape index (κ3) is 2.87. The van der Waals surface area contributed by atoms with Crippen LogP contribution in [0.15, 0.2) is 24.5 Å². The molecule has 0 radical (unpaired) electrons. The molecule has 0 atom stereocenters. The number of benzene rings is 1. The number of carbonyl (C=O) groups is 1. The molecule has 0 fully saturated rings. The number of aryl methyl sites for hydroxylation is 1. The smallest absolute Gasteiger partial charge is 0.251 e. The number of nitrogens with one attached hydrogen (secondary N) is 1. The lowest BCUT2D eigenvalue weighted by atomic mass is 10.2. The molecule has 0 aliphatic carbocycles. The summed E-state index contributed by atoms with van der Waals surface area (Å²) in [6.45, 7) is 2.98. The van der Waals surface area contributed by atoms with E-state index in [-0.39, 0.29) is 18.2 Å². The number of amides is 1. The molecule has 0 aliphatic rings. The van der Waals surface area contributed by atoms with Crippen LogP contribution in [0.5, 0.6) is 11.5 Å². The minimum Gasteiger partial charge on any atom is -0.504 e. The maximum Gasteiger partial charge on any atom is 0.251 e. The third-order valence-electron chi connectivity index (χ3n) is 2.88. The summed E-state index contributed by atoms with van der Waals surface area (Å²) in [6, 6.07) is 4.48. The Kier molecular flexibility index (Phi) is 4.19. The molecule has 2 rings (SSSR count). The summed E-state index contributed by atoms with van der Waals surface area (Å²) in [5.74, 6) is 0.636. The van der Waals surface area contributed by atoms with E-state index in [1.54, 1.807) is 18.5 Å². The second-order valence-electron chi connectivity index (χ2n) is 4.10. The van der Waals surface area contributed by atoms with Crippen molar-refractivity contribution in [2.75, 3.05) is 7.11 Å². The maximum atomic E-state index is 12.0. The fourth-order valence-corrected chi connectivity index (χ4v) is 1.77. The number of aromatic hydroxyl groups is 1. The van der Waals surface area contributed by atoms with Crippen molar-refractivity contribution in [2.45, 2.75) is 20.0 Å². The van der Waals surface area contributed by atoms with Crippen LogP contribution in [-0.2, 0) is 13.1 Å². The summed E-state index contributed by atoms with van der Waals surface area (Å²) >= 11 is 0. The Labute approximate surface area is 116 Å². The molecule has 106 valence electrons. The van der Waals surface area contributed by atoms with Gasteiger partial charge in [-0.1, -0.05) is 0 Å². The number of ether oxygens (including phenoxy) is 1. The molecule has 0 saturated carbocycles. The van der Waals surface area contributed by atoms with Crippen molar-refractivity contribution in [3.8, 4) is 11.5 Å². The highest BCUT2D eigenvalue weighted by Crippen LogP contribution is 2.26. The SMILES string of the molecule is CCn1cnnc1CNC(=O)c1ccc(OC)c(O)c1. The fraction of sp³-hybridized carbons (Fsp3) is 0.308. The Morgan fingerprint density at radius 2 is 2.30 bits per heavy atom. The summed E-state index contributed by atoms with van der Waals surface area (Å²) in [5, 5.41) is 20.1. The molecule has 7 nitrogen and oxygen atoms in total. The second-order valence-corrected chi connectivity index (χ2v) is 4.10. The van der Waals surface area contributed by atoms with E-state index in [9.17, 15) is 9.90 Å². The first-order valence-electron chi connectivity index (χ1n) is 6.17. The Balaban J connectivity index is 2.03. The van der Waals surface area contributed by atoms with Crippen molar-refractivity contribution >= 4 is 5.91 Å². The van der Waals surface area contributed by atoms with Gasteiger partial charge in [0.25, 0.3) is 5.91 Å². The molecular weight excluding hydrogens is 260 g/mol. The van der Waals surface area contributed by atoms with Gasteiger partial charge in [0.2, 0.25) is 0 Å². The quantitative estimate of drug-likeness (QED) is 0.848. The summed E-state index contributed by atoms with van der Waals surface area (Å²) in [5.41, 5.74) is 0.353. The van der Waals surface area contributed by atoms with Crippen LogP contribution in [-0.4, -0.2) is 32.9 Å². The molecule has 0 aliphatic heterocycles. The molecule has 7 heteroatoms. The van der Waals surface area contributed by atoms with Gasteiger partial charge in [0.05, 0.1) is 13.7 Å². The van der Waals surface area contributed by atoms with Gasteiger partial charge in [-0.25, -0.2) is 0 Å². The van der Waals surface area contributed by atoms with Gasteiger partial charge < -0.3 is 19.7 Å². The molecule has 1 aromatic carbocycles. The number of phenols is 1. The number of nitrogens with zero attached hydrogens (tertiary/aromatic N) is 3. The fourth-order valence-electron chi connectivity index (χ4n) is 1.77. The molecule has 0 unspecified atom stereocenters. The molecule has 0 saturated heterocycles. The van der Waals surface area contributed by atoms with Gasteiger partial charge in [0.1, 0.15) is 6.33 Å². The standard InChI is InChI=1S/C13H16N4O3/c1-3-17-8-15-16-12(17)7-14-13(19)9-4-5-11(20-2)10(18)6-9/h4-6,8,18H,3,7H2,1-2H3,(H,14,19). The highest BCUT2D eigenvalue weighted by Gasteiger charge is 2.10. The number of carbonyl (C=O) groups excluding carboxylic acids is 1. The van der Waals surface area contributed by atoms with E-state index in [1.807, 2.05) is 11.5 Å². The van der Waals surface area contributed by atoms with E-state index in [0.717, 1.165) is 6.54 Å². The van der Waals surface area contributed by atoms with Gasteiger partial charge in [-0.15, -0.1) is 10.2 Å². The molecule has 0 spiro atoms. The molecule has 2 aromatic rings. The van der Waals surface area contributed by atoms with Crippen LogP contribution in [0.3, 0.4) is 0 Å². The number of rotatable bonds is 5. The van der Waals surface area contributed by atoms with Crippen molar-refractivity contribution < 1.29 is 14.6 Å². The van der Waals surface area contributed by atoms with Crippen molar-refractivity contribution in [2.24, 2.45) is 0 Å². The lowest BCUT2D eigenvalue weighted by Crippen LogP contribution is -2.24. The van der Waals surface area contributed by atoms with Gasteiger partial charge in [0.15, 0.2) is 17.3 Å². The summed E-state index contributed by atoms with van der Waals surface area (Å²) in [4.78, 5) is 12.0. The number of methoxy groups -OCH3 is 1. The zero-order chi connectivity index (χ0) is 14.5. The van der Waals surface area contributed by atoms with E-state index in [0.29, 0.717) is 17.1 Å². The molecule has 1 aromatic heterocycles. The monoisotopic (exact) mass is 276 g/mol. The average Bonchev–Trinajstić information content (AvgIpc) is 2.92. The normalized spacial score (nSPS) is 10.3. The molecule has 1 heterocycles. The van der Waals surface area contributed by atoms with Gasteiger partial charge >= 0.3 is 0 Å². The summed E-state index contributed by atoms with van der Waals surface area (Å²) < 4.78 is 6.76. The Hall–Kier alpha value is -2.57. The molecule has 20 heavy (non-hydrogen) atoms. The molecule has 1 amide bonds. The first-order valence-corrected chi connectivity index (χ1v) is 6.17. The Morgan fingerprint density at radius 3 is 2.95 bits per heavy atom. The Morgan fingerprint density at radius 1 is 1.50 bits per heavy atom. The summed E-state index contributed by atoms with van der Waals surface area (Å²) in [6.07, 6.45) is 1.61. The van der Waals surface area contributed by atoms with Crippen molar-refractivity contribution in [3.63, 3.8) is 0 Å². The van der Waals surface area contributed by atoms with Crippen LogP contribution in [0.2, 0.25) is 0 Å². The molecule has 0 bridgehead atoms. The van der Waals surface area contributed by atoms with Gasteiger partial charge in [0, 0.05) is 12.1 Å². The molecular formula is C13H16N4O3. The predicted octanol–water partition coefficient (Wildman–Crippen LogP) is 0.942. The minimum absolute atomic E-state index is 0.0723. The van der Waals surface area contributed by atoms with E-state index < -0.39 is 0 Å². The van der Waals surface area contributed by atoms with Gasteiger partial charge in [-0.3, -0.25) is 4.79 Å². The first-order chi connectivity index (χ1) is 9.65. The van der Waals surface area contributed by atoms with Crippen LogP contribution >= 0.6 is 0 Å². The molecule has 2 N–H and O–H groups in total. The highest BCUT2D eigenvalue weighted by atomic mass is 16.5. The topological polar surface area (TPSA) is 89.3 Å². The number of hydrogen-bond donors (Lipinski definition) is 2. The maximum absolute atomic E-state index is 12.0. The largest absolute Gasteiger partial charge is 0.504 e. The van der Waals surface area contributed by atoms with Crippen molar-refractivity contribution in [3.05, 3.63) is 35.9 Å². The second kappa shape index (κ2) is 6.05. The third-order valence-corrected chi connectivity index (χ3v) is 2.88. The van der Waals surface area contributed by atoms with Crippen molar-refractivity contribution in [1.29, 1.82) is 0 Å². The zero-order valence-corrected chi connectivity index (χ0v) is 11.3. The number of phenolic OH excluding ortho intramolecular Hbond substituents is 1. The lowest BCUT2D eigenvalue weighted by molar-refractivity contribution is 0.0949. The summed E-state index contributed by atoms with van der Waals surface area (Å²) in [7, 11) is 1.45. The zero-order valence-electron chi connectivity index (χ0n) is 11.3. The van der Waals surface area contributed by atoms with Crippen LogP contribution in [0.25, 0.3) is 0 Å². The van der Waals surface area contributed by atoms with Crippen LogP contribution in [0, 0.1) is 0 Å². The first kappa shape index (κ1) is 13.9. The van der Waals surface area contributed by atoms with E-state index >= 15 is 0 Å². The van der Waals surface area contributed by atoms with Crippen LogP contribution in [0.1, 0.15) is 23.1 Å². The van der Waals surface area contributed by atoms with Crippen LogP contribution in [0.4, 0.5) is 0 Å². The van der Waals surface area contributed by atoms with Crippen LogP contribution < -0.4 is 10.1 Å².